The lowest BCUT2D eigenvalue weighted by Crippen LogP contribution is -2.29. The highest BCUT2D eigenvalue weighted by Gasteiger charge is 2.17. The van der Waals surface area contributed by atoms with Crippen LogP contribution in [0.1, 0.15) is 31.4 Å². The lowest BCUT2D eigenvalue weighted by molar-refractivity contribution is 0.462. The van der Waals surface area contributed by atoms with E-state index in [4.69, 9.17) is 22.9 Å². The quantitative estimate of drug-likeness (QED) is 0.117. The van der Waals surface area contributed by atoms with Gasteiger partial charge in [0.15, 0.2) is 0 Å². The topological polar surface area (TPSA) is 194 Å². The van der Waals surface area contributed by atoms with Gasteiger partial charge in [-0.05, 0) is 26.7 Å². The average molecular weight is 410 g/mol. The van der Waals surface area contributed by atoms with Crippen molar-refractivity contribution in [3.63, 3.8) is 0 Å². The number of nitrogens with one attached hydrogen (secondary N) is 1. The Kier molecular flexibility index (Phi) is 7.30. The van der Waals surface area contributed by atoms with Crippen LogP contribution in [0.4, 0.5) is 0 Å². The van der Waals surface area contributed by atoms with E-state index in [-0.39, 0.29) is 23.4 Å². The predicted molar refractivity (Wildman–Crippen MR) is 120 cm³/mol. The van der Waals surface area contributed by atoms with E-state index in [0.29, 0.717) is 40.5 Å². The van der Waals surface area contributed by atoms with Crippen LogP contribution in [0.25, 0.3) is 10.8 Å². The highest BCUT2D eigenvalue weighted by molar-refractivity contribution is 5.97. The van der Waals surface area contributed by atoms with Gasteiger partial charge in [0.05, 0.1) is 5.56 Å². The van der Waals surface area contributed by atoms with Gasteiger partial charge in [0.2, 0.25) is 11.9 Å². The molecule has 0 heterocycles. The molecule has 0 aromatic heterocycles. The number of benzene rings is 2. The van der Waals surface area contributed by atoms with Crippen molar-refractivity contribution >= 4 is 28.4 Å². The van der Waals surface area contributed by atoms with Gasteiger partial charge in [-0.2, -0.15) is 5.10 Å². The molecule has 1 atom stereocenters. The van der Waals surface area contributed by atoms with Crippen LogP contribution in [0.5, 0.6) is 11.5 Å². The molecule has 2 aromatic carbocycles. The van der Waals surface area contributed by atoms with Gasteiger partial charge < -0.3 is 33.1 Å². The maximum atomic E-state index is 10.9. The fraction of sp³-hybridized carbons (Fsp3) is 0.250. The predicted octanol–water partition coefficient (Wildman–Crippen LogP) is 0.351. The van der Waals surface area contributed by atoms with E-state index in [1.54, 1.807) is 38.1 Å². The number of hydrogen-bond donors (Lipinski definition) is 7. The van der Waals surface area contributed by atoms with Crippen LogP contribution >= 0.6 is 0 Å². The summed E-state index contributed by atoms with van der Waals surface area (Å²) >= 11 is 0. The molecule has 0 spiro atoms. The molecule has 1 unspecified atom stereocenters. The van der Waals surface area contributed by atoms with E-state index >= 15 is 0 Å². The number of hydrogen-bond acceptors (Lipinski definition) is 6. The van der Waals surface area contributed by atoms with Crippen molar-refractivity contribution in [3.8, 4) is 23.3 Å². The number of nitrogens with two attached hydrogens (primary N) is 4. The minimum Gasteiger partial charge on any atom is -0.507 e. The van der Waals surface area contributed by atoms with E-state index in [1.807, 2.05) is 0 Å². The van der Waals surface area contributed by atoms with Gasteiger partial charge in [0, 0.05) is 22.0 Å². The summed E-state index contributed by atoms with van der Waals surface area (Å²) in [7, 11) is 0. The Bertz CT molecular complexity index is 1070. The average Bonchev–Trinajstić information content (AvgIpc) is 2.71. The molecule has 158 valence electrons. The lowest BCUT2D eigenvalue weighted by Gasteiger charge is -2.14. The van der Waals surface area contributed by atoms with Crippen LogP contribution in [0.3, 0.4) is 0 Å². The number of guanidine groups is 2. The molecule has 0 amide bonds. The van der Waals surface area contributed by atoms with Crippen molar-refractivity contribution < 1.29 is 10.2 Å². The van der Waals surface area contributed by atoms with Crippen LogP contribution in [0, 0.1) is 11.8 Å². The SMILES string of the molecule is CC(CCc1c(C#CC(C)NN=C(N)N)c(O)c2ccccc2c1O)=NN=C(N)N. The van der Waals surface area contributed by atoms with Crippen molar-refractivity contribution in [3.05, 3.63) is 35.4 Å². The summed E-state index contributed by atoms with van der Waals surface area (Å²) in [5.74, 6) is 5.62. The van der Waals surface area contributed by atoms with Crippen molar-refractivity contribution in [2.45, 2.75) is 32.7 Å². The van der Waals surface area contributed by atoms with Gasteiger partial charge in [-0.15, -0.1) is 10.2 Å². The van der Waals surface area contributed by atoms with E-state index in [2.05, 4.69) is 32.6 Å². The van der Waals surface area contributed by atoms with Crippen LogP contribution in [-0.4, -0.2) is 33.9 Å². The maximum Gasteiger partial charge on any atom is 0.211 e. The number of phenols is 2. The van der Waals surface area contributed by atoms with E-state index in [9.17, 15) is 10.2 Å². The molecule has 30 heavy (non-hydrogen) atoms. The second kappa shape index (κ2) is 9.88. The van der Waals surface area contributed by atoms with Crippen molar-refractivity contribution in [1.82, 2.24) is 5.43 Å². The second-order valence-electron chi connectivity index (χ2n) is 6.61. The first-order valence-electron chi connectivity index (χ1n) is 9.14. The molecule has 10 heteroatoms. The Morgan fingerprint density at radius 2 is 1.67 bits per heavy atom. The maximum absolute atomic E-state index is 10.9. The number of rotatable bonds is 6. The number of aromatic hydroxyl groups is 2. The lowest BCUT2D eigenvalue weighted by atomic mass is 9.94. The molecule has 0 radical (unpaired) electrons. The van der Waals surface area contributed by atoms with Gasteiger partial charge in [-0.1, -0.05) is 36.1 Å². The standard InChI is InChI=1S/C20H26N8O2/c1-11(25-27-19(21)22)7-9-15-16(10-8-12(2)26-28-20(23)24)18(30)14-6-4-3-5-13(14)17(15)29/h3-6,12,26,29-30H,7,9H2,1-2H3,(H4,21,22,27)(H4,23,24,28). The Balaban J connectivity index is 2.50. The summed E-state index contributed by atoms with van der Waals surface area (Å²) in [6.07, 6.45) is 0.803. The van der Waals surface area contributed by atoms with Crippen molar-refractivity contribution in [2.75, 3.05) is 0 Å². The summed E-state index contributed by atoms with van der Waals surface area (Å²) in [5.41, 5.74) is 25.3. The fourth-order valence-electron chi connectivity index (χ4n) is 2.72. The van der Waals surface area contributed by atoms with Gasteiger partial charge in [0.25, 0.3) is 0 Å². The first-order chi connectivity index (χ1) is 14.2. The Morgan fingerprint density at radius 1 is 1.03 bits per heavy atom. The summed E-state index contributed by atoms with van der Waals surface area (Å²) in [6, 6.07) is 6.59. The van der Waals surface area contributed by atoms with Gasteiger partial charge in [-0.25, -0.2) is 0 Å². The number of fused-ring (bicyclic) bond motifs is 1. The molecule has 10 nitrogen and oxygen atoms in total. The van der Waals surface area contributed by atoms with Gasteiger partial charge >= 0.3 is 0 Å². The molecule has 0 aliphatic rings. The van der Waals surface area contributed by atoms with Gasteiger partial charge in [0.1, 0.15) is 17.5 Å². The third kappa shape index (κ3) is 5.68. The Morgan fingerprint density at radius 3 is 2.27 bits per heavy atom. The number of phenolic OH excluding ortho intramolecular Hbond substituents is 2. The monoisotopic (exact) mass is 410 g/mol. The van der Waals surface area contributed by atoms with E-state index in [0.717, 1.165) is 0 Å². The summed E-state index contributed by atoms with van der Waals surface area (Å²) < 4.78 is 0. The molecule has 2 rings (SSSR count). The third-order valence-corrected chi connectivity index (χ3v) is 4.14. The Hall–Kier alpha value is -4.13. The Labute approximate surface area is 174 Å². The first-order valence-corrected chi connectivity index (χ1v) is 9.14. The largest absolute Gasteiger partial charge is 0.507 e. The zero-order chi connectivity index (χ0) is 22.3. The van der Waals surface area contributed by atoms with Crippen LogP contribution in [0.2, 0.25) is 0 Å². The molecule has 0 fully saturated rings. The summed E-state index contributed by atoms with van der Waals surface area (Å²) in [4.78, 5) is 0. The van der Waals surface area contributed by atoms with Crippen LogP contribution in [-0.2, 0) is 6.42 Å². The van der Waals surface area contributed by atoms with E-state index < -0.39 is 6.04 Å². The smallest absolute Gasteiger partial charge is 0.211 e. The number of nitrogens with zero attached hydrogens (tertiary/aromatic N) is 3. The third-order valence-electron chi connectivity index (χ3n) is 4.14. The molecule has 11 N–H and O–H groups in total. The van der Waals surface area contributed by atoms with Crippen molar-refractivity contribution in [1.29, 1.82) is 0 Å². The molecule has 0 saturated carbocycles. The minimum atomic E-state index is -0.405. The molecule has 0 bridgehead atoms. The molecular formula is C20H26N8O2. The van der Waals surface area contributed by atoms with Crippen LogP contribution < -0.4 is 28.4 Å². The molecular weight excluding hydrogens is 384 g/mol. The molecule has 0 saturated heterocycles. The zero-order valence-electron chi connectivity index (χ0n) is 16.8. The summed E-state index contributed by atoms with van der Waals surface area (Å²) in [5, 5.41) is 34.0. The van der Waals surface area contributed by atoms with E-state index in [1.165, 1.54) is 0 Å². The number of hydrazone groups is 1. The second-order valence-corrected chi connectivity index (χ2v) is 6.61. The van der Waals surface area contributed by atoms with Crippen molar-refractivity contribution in [2.24, 2.45) is 38.2 Å². The van der Waals surface area contributed by atoms with Crippen LogP contribution in [0.15, 0.2) is 39.6 Å². The molecule has 0 aliphatic heterocycles. The first kappa shape index (κ1) is 22.2. The van der Waals surface area contributed by atoms with Gasteiger partial charge in [-0.3, -0.25) is 5.43 Å². The molecule has 0 aliphatic carbocycles. The fourth-order valence-corrected chi connectivity index (χ4v) is 2.72. The summed E-state index contributed by atoms with van der Waals surface area (Å²) in [6.45, 7) is 3.51. The highest BCUT2D eigenvalue weighted by atomic mass is 16.3. The molecule has 2 aromatic rings. The zero-order valence-corrected chi connectivity index (χ0v) is 16.8. The minimum absolute atomic E-state index is 0.0150. The highest BCUT2D eigenvalue weighted by Crippen LogP contribution is 2.39. The normalized spacial score (nSPS) is 11.9.